The topological polar surface area (TPSA) is 103 Å². The third-order valence-corrected chi connectivity index (χ3v) is 6.59. The molecule has 180 valence electrons. The van der Waals surface area contributed by atoms with E-state index in [0.717, 1.165) is 30.0 Å². The Hall–Kier alpha value is -2.78. The molecule has 0 unspecified atom stereocenters. The molecule has 0 spiro atoms. The maximum absolute atomic E-state index is 13.2. The first-order valence-electron chi connectivity index (χ1n) is 11.4. The quantitative estimate of drug-likeness (QED) is 0.537. The molecule has 1 aromatic heterocycles. The van der Waals surface area contributed by atoms with Crippen molar-refractivity contribution in [2.45, 2.75) is 53.6 Å². The molecule has 1 aromatic carbocycles. The van der Waals surface area contributed by atoms with Gasteiger partial charge in [0.2, 0.25) is 5.75 Å². The number of nitrogens with zero attached hydrogens (tertiary/aromatic N) is 1. The highest BCUT2D eigenvalue weighted by atomic mass is 32.1. The number of benzene rings is 1. The van der Waals surface area contributed by atoms with Gasteiger partial charge in [-0.1, -0.05) is 0 Å². The van der Waals surface area contributed by atoms with Gasteiger partial charge in [-0.25, -0.2) is 0 Å². The van der Waals surface area contributed by atoms with Crippen LogP contribution in [0.1, 0.15) is 65.8 Å². The van der Waals surface area contributed by atoms with Crippen molar-refractivity contribution in [2.75, 3.05) is 31.7 Å². The molecule has 0 saturated heterocycles. The number of fused-ring (bicyclic) bond motifs is 1. The first-order chi connectivity index (χ1) is 15.8. The summed E-state index contributed by atoms with van der Waals surface area (Å²) in [6.07, 6.45) is 0.726. The molecule has 33 heavy (non-hydrogen) atoms. The van der Waals surface area contributed by atoms with Crippen LogP contribution in [0.3, 0.4) is 0 Å². The number of primary amides is 1. The minimum absolute atomic E-state index is 0.343. The molecule has 0 bridgehead atoms. The summed E-state index contributed by atoms with van der Waals surface area (Å²) in [6.45, 7) is 12.7. The van der Waals surface area contributed by atoms with Gasteiger partial charge in [-0.05, 0) is 58.7 Å². The molecular formula is C24H33N3O5S. The van der Waals surface area contributed by atoms with E-state index in [2.05, 4.69) is 24.1 Å². The van der Waals surface area contributed by atoms with Crippen LogP contribution in [0.15, 0.2) is 12.1 Å². The molecule has 0 fully saturated rings. The number of hydrogen-bond donors (Lipinski definition) is 2. The highest BCUT2D eigenvalue weighted by molar-refractivity contribution is 7.17. The first kappa shape index (κ1) is 24.9. The Morgan fingerprint density at radius 3 is 2.21 bits per heavy atom. The van der Waals surface area contributed by atoms with Gasteiger partial charge in [0.05, 0.1) is 25.4 Å². The molecule has 1 aliphatic heterocycles. The van der Waals surface area contributed by atoms with Gasteiger partial charge in [-0.15, -0.1) is 11.3 Å². The van der Waals surface area contributed by atoms with Gasteiger partial charge in [-0.2, -0.15) is 0 Å². The van der Waals surface area contributed by atoms with E-state index in [0.29, 0.717) is 59.2 Å². The lowest BCUT2D eigenvalue weighted by Crippen LogP contribution is -2.35. The van der Waals surface area contributed by atoms with Crippen molar-refractivity contribution < 1.29 is 23.8 Å². The maximum atomic E-state index is 13.2. The number of anilines is 1. The monoisotopic (exact) mass is 475 g/mol. The second-order valence-electron chi connectivity index (χ2n) is 7.94. The normalized spacial score (nSPS) is 13.5. The Bertz CT molecular complexity index is 991. The predicted octanol–water partition coefficient (Wildman–Crippen LogP) is 4.06. The molecule has 3 N–H and O–H groups in total. The molecule has 8 nitrogen and oxygen atoms in total. The molecule has 3 rings (SSSR count). The van der Waals surface area contributed by atoms with Crippen LogP contribution < -0.4 is 25.3 Å². The zero-order valence-electron chi connectivity index (χ0n) is 19.9. The molecular weight excluding hydrogens is 442 g/mol. The van der Waals surface area contributed by atoms with Crippen LogP contribution in [0.2, 0.25) is 0 Å². The van der Waals surface area contributed by atoms with Gasteiger partial charge >= 0.3 is 0 Å². The highest BCUT2D eigenvalue weighted by Gasteiger charge is 2.29. The fourth-order valence-corrected chi connectivity index (χ4v) is 5.18. The fourth-order valence-electron chi connectivity index (χ4n) is 3.91. The first-order valence-corrected chi connectivity index (χ1v) is 12.2. The van der Waals surface area contributed by atoms with Crippen LogP contribution in [-0.2, 0) is 13.0 Å². The molecule has 2 aromatic rings. The number of carbonyl (C=O) groups is 2. The number of rotatable bonds is 10. The highest BCUT2D eigenvalue weighted by Crippen LogP contribution is 2.41. The second-order valence-corrected chi connectivity index (χ2v) is 9.05. The number of thiophene rings is 1. The van der Waals surface area contributed by atoms with Crippen LogP contribution in [0.25, 0.3) is 0 Å². The summed E-state index contributed by atoms with van der Waals surface area (Å²) in [7, 11) is 0. The predicted molar refractivity (Wildman–Crippen MR) is 130 cm³/mol. The van der Waals surface area contributed by atoms with Crippen molar-refractivity contribution in [2.24, 2.45) is 5.73 Å². The van der Waals surface area contributed by atoms with Gasteiger partial charge in [0.25, 0.3) is 11.8 Å². The van der Waals surface area contributed by atoms with Gasteiger partial charge in [0, 0.05) is 29.6 Å². The van der Waals surface area contributed by atoms with Crippen molar-refractivity contribution in [1.82, 2.24) is 4.90 Å². The molecule has 2 heterocycles. The van der Waals surface area contributed by atoms with E-state index < -0.39 is 5.91 Å². The van der Waals surface area contributed by atoms with E-state index in [1.807, 2.05) is 20.8 Å². The molecule has 2 amide bonds. The lowest BCUT2D eigenvalue weighted by atomic mass is 10.0. The van der Waals surface area contributed by atoms with Crippen LogP contribution in [-0.4, -0.2) is 49.1 Å². The number of carbonyl (C=O) groups excluding carboxylic acids is 2. The van der Waals surface area contributed by atoms with Gasteiger partial charge in [0.1, 0.15) is 5.00 Å². The second kappa shape index (κ2) is 10.9. The van der Waals surface area contributed by atoms with E-state index in [1.54, 1.807) is 12.1 Å². The lowest BCUT2D eigenvalue weighted by molar-refractivity contribution is 0.0999. The SMILES string of the molecule is CCOc1cc(C(=O)Nc2sc3c(c2C(N)=O)CCN(C(C)C)C3)cc(OCC)c1OCC. The third kappa shape index (κ3) is 5.42. The van der Waals surface area contributed by atoms with E-state index in [-0.39, 0.29) is 5.91 Å². The summed E-state index contributed by atoms with van der Waals surface area (Å²) < 4.78 is 17.2. The standard InChI is InChI=1S/C24H33N3O5S/c1-6-30-17-11-15(12-18(31-7-2)21(17)32-8-3)23(29)26-24-20(22(25)28)16-9-10-27(14(4)5)13-19(16)33-24/h11-12,14H,6-10,13H2,1-5H3,(H2,25,28)(H,26,29). The molecule has 0 aliphatic carbocycles. The Balaban J connectivity index is 1.96. The molecule has 0 atom stereocenters. The summed E-state index contributed by atoms with van der Waals surface area (Å²) in [4.78, 5) is 28.9. The zero-order chi connectivity index (χ0) is 24.1. The van der Waals surface area contributed by atoms with Crippen LogP contribution in [0.4, 0.5) is 5.00 Å². The van der Waals surface area contributed by atoms with Crippen molar-refractivity contribution in [3.05, 3.63) is 33.7 Å². The van der Waals surface area contributed by atoms with E-state index >= 15 is 0 Å². The lowest BCUT2D eigenvalue weighted by Gasteiger charge is -2.30. The van der Waals surface area contributed by atoms with Gasteiger partial charge in [-0.3, -0.25) is 14.5 Å². The number of nitrogens with two attached hydrogens (primary N) is 1. The van der Waals surface area contributed by atoms with E-state index in [4.69, 9.17) is 19.9 Å². The van der Waals surface area contributed by atoms with Gasteiger partial charge < -0.3 is 25.3 Å². The number of nitrogens with one attached hydrogen (secondary N) is 1. The molecule has 1 aliphatic rings. The minimum atomic E-state index is -0.530. The summed E-state index contributed by atoms with van der Waals surface area (Å²) in [5.74, 6) is 0.433. The molecule has 0 radical (unpaired) electrons. The van der Waals surface area contributed by atoms with E-state index in [1.165, 1.54) is 11.3 Å². The summed E-state index contributed by atoms with van der Waals surface area (Å²) in [5.41, 5.74) is 7.41. The Morgan fingerprint density at radius 1 is 1.09 bits per heavy atom. The summed E-state index contributed by atoms with van der Waals surface area (Å²) in [5, 5.41) is 3.39. The summed E-state index contributed by atoms with van der Waals surface area (Å²) in [6, 6.07) is 3.65. The number of ether oxygens (including phenoxy) is 3. The van der Waals surface area contributed by atoms with Crippen molar-refractivity contribution in [1.29, 1.82) is 0 Å². The van der Waals surface area contributed by atoms with Crippen LogP contribution >= 0.6 is 11.3 Å². The molecule has 9 heteroatoms. The number of amides is 2. The van der Waals surface area contributed by atoms with Crippen molar-refractivity contribution in [3.8, 4) is 17.2 Å². The Labute approximate surface area is 199 Å². The average Bonchev–Trinajstić information content (AvgIpc) is 3.13. The maximum Gasteiger partial charge on any atom is 0.256 e. The zero-order valence-corrected chi connectivity index (χ0v) is 20.8. The van der Waals surface area contributed by atoms with Crippen molar-refractivity contribution >= 4 is 28.2 Å². The average molecular weight is 476 g/mol. The minimum Gasteiger partial charge on any atom is -0.490 e. The van der Waals surface area contributed by atoms with Crippen LogP contribution in [0, 0.1) is 0 Å². The van der Waals surface area contributed by atoms with E-state index in [9.17, 15) is 9.59 Å². The van der Waals surface area contributed by atoms with Crippen LogP contribution in [0.5, 0.6) is 17.2 Å². The number of hydrogen-bond acceptors (Lipinski definition) is 7. The smallest absolute Gasteiger partial charge is 0.256 e. The Morgan fingerprint density at radius 2 is 1.70 bits per heavy atom. The van der Waals surface area contributed by atoms with Crippen molar-refractivity contribution in [3.63, 3.8) is 0 Å². The Kier molecular flexibility index (Phi) is 8.20. The largest absolute Gasteiger partial charge is 0.490 e. The fraction of sp³-hybridized carbons (Fsp3) is 0.500. The summed E-state index contributed by atoms with van der Waals surface area (Å²) >= 11 is 1.41. The molecule has 0 saturated carbocycles. The van der Waals surface area contributed by atoms with Gasteiger partial charge in [0.15, 0.2) is 11.5 Å². The third-order valence-electron chi connectivity index (χ3n) is 5.46.